The van der Waals surface area contributed by atoms with Crippen molar-refractivity contribution in [1.29, 1.82) is 0 Å². The maximum atomic E-state index is 14.5. The van der Waals surface area contributed by atoms with Crippen LogP contribution in [0.4, 0.5) is 9.18 Å². The van der Waals surface area contributed by atoms with Crippen LogP contribution in [0.25, 0.3) is 11.1 Å². The van der Waals surface area contributed by atoms with E-state index in [1.807, 2.05) is 56.3 Å². The van der Waals surface area contributed by atoms with Gasteiger partial charge in [0.2, 0.25) is 0 Å². The van der Waals surface area contributed by atoms with Gasteiger partial charge < -0.3 is 9.64 Å². The average molecular weight is 356 g/mol. The van der Waals surface area contributed by atoms with Gasteiger partial charge in [0.05, 0.1) is 6.10 Å². The molecule has 0 atom stereocenters. The molecule has 1 fully saturated rings. The normalized spacial score (nSPS) is 15.3. The van der Waals surface area contributed by atoms with Crippen molar-refractivity contribution in [3.8, 4) is 11.1 Å². The topological polar surface area (TPSA) is 32.8 Å². The van der Waals surface area contributed by atoms with E-state index in [0.29, 0.717) is 38.3 Å². The first-order valence-electron chi connectivity index (χ1n) is 9.04. The molecular weight excluding hydrogens is 331 g/mol. The summed E-state index contributed by atoms with van der Waals surface area (Å²) in [6.07, 6.45) is -0.379. The number of carbonyl (C=O) groups is 1. The summed E-state index contributed by atoms with van der Waals surface area (Å²) in [5.41, 5.74) is 2.58. The maximum Gasteiger partial charge on any atom is 0.410 e. The summed E-state index contributed by atoms with van der Waals surface area (Å²) >= 11 is 0. The van der Waals surface area contributed by atoms with Crippen molar-refractivity contribution in [2.75, 3.05) is 26.2 Å². The van der Waals surface area contributed by atoms with E-state index >= 15 is 0 Å². The molecule has 0 radical (unpaired) electrons. The maximum absolute atomic E-state index is 14.5. The van der Waals surface area contributed by atoms with Crippen molar-refractivity contribution in [3.63, 3.8) is 0 Å². The van der Waals surface area contributed by atoms with Crippen molar-refractivity contribution >= 4 is 6.09 Å². The number of carbonyl (C=O) groups excluding carboxylic acids is 1. The average Bonchev–Trinajstić information content (AvgIpc) is 2.64. The molecule has 0 bridgehead atoms. The van der Waals surface area contributed by atoms with Crippen LogP contribution in [0.1, 0.15) is 19.4 Å². The van der Waals surface area contributed by atoms with E-state index in [1.54, 1.807) is 11.0 Å². The highest BCUT2D eigenvalue weighted by atomic mass is 19.1. The first kappa shape index (κ1) is 18.4. The largest absolute Gasteiger partial charge is 0.447 e. The number of ether oxygens (including phenoxy) is 1. The van der Waals surface area contributed by atoms with E-state index in [0.717, 1.165) is 11.1 Å². The molecule has 0 spiro atoms. The number of hydrogen-bond acceptors (Lipinski definition) is 3. The van der Waals surface area contributed by atoms with Gasteiger partial charge in [-0.15, -0.1) is 0 Å². The number of amides is 1. The van der Waals surface area contributed by atoms with E-state index in [2.05, 4.69) is 4.90 Å². The number of piperazine rings is 1. The lowest BCUT2D eigenvalue weighted by atomic mass is 10.0. The SMILES string of the molecule is CC(C)OC(=O)N1CCN(Cc2ccc(-c3ccccc3)cc2F)CC1. The van der Waals surface area contributed by atoms with Crippen LogP contribution in [0.3, 0.4) is 0 Å². The standard InChI is InChI=1S/C21H25FN2O2/c1-16(2)26-21(25)24-12-10-23(11-13-24)15-19-9-8-18(14-20(19)22)17-6-4-3-5-7-17/h3-9,14,16H,10-13,15H2,1-2H3. The Morgan fingerprint density at radius 2 is 1.73 bits per heavy atom. The van der Waals surface area contributed by atoms with Crippen LogP contribution in [0.15, 0.2) is 48.5 Å². The summed E-state index contributed by atoms with van der Waals surface area (Å²) in [4.78, 5) is 15.8. The van der Waals surface area contributed by atoms with E-state index in [4.69, 9.17) is 4.74 Å². The first-order chi connectivity index (χ1) is 12.5. The number of halogens is 1. The fourth-order valence-electron chi connectivity index (χ4n) is 3.09. The van der Waals surface area contributed by atoms with Crippen LogP contribution >= 0.6 is 0 Å². The molecule has 0 saturated carbocycles. The lowest BCUT2D eigenvalue weighted by molar-refractivity contribution is 0.0557. The summed E-state index contributed by atoms with van der Waals surface area (Å²) in [7, 11) is 0. The van der Waals surface area contributed by atoms with Gasteiger partial charge in [0.25, 0.3) is 0 Å². The van der Waals surface area contributed by atoms with Gasteiger partial charge in [-0.05, 0) is 31.0 Å². The Balaban J connectivity index is 1.58. The highest BCUT2D eigenvalue weighted by Gasteiger charge is 2.23. The molecule has 3 rings (SSSR count). The van der Waals surface area contributed by atoms with Gasteiger partial charge in [-0.1, -0.05) is 42.5 Å². The van der Waals surface area contributed by atoms with E-state index < -0.39 is 0 Å². The second-order valence-corrected chi connectivity index (χ2v) is 6.87. The van der Waals surface area contributed by atoms with Gasteiger partial charge in [-0.2, -0.15) is 0 Å². The molecule has 26 heavy (non-hydrogen) atoms. The van der Waals surface area contributed by atoms with Crippen LogP contribution in [-0.2, 0) is 11.3 Å². The van der Waals surface area contributed by atoms with Crippen LogP contribution in [0.5, 0.6) is 0 Å². The summed E-state index contributed by atoms with van der Waals surface area (Å²) < 4.78 is 19.8. The molecule has 0 aliphatic carbocycles. The Hall–Kier alpha value is -2.40. The Morgan fingerprint density at radius 3 is 2.35 bits per heavy atom. The number of benzene rings is 2. The second-order valence-electron chi connectivity index (χ2n) is 6.87. The number of nitrogens with zero attached hydrogens (tertiary/aromatic N) is 2. The summed E-state index contributed by atoms with van der Waals surface area (Å²) in [5.74, 6) is -0.187. The predicted octanol–water partition coefficient (Wildman–Crippen LogP) is 4.16. The minimum absolute atomic E-state index is 0.113. The molecule has 0 unspecified atom stereocenters. The molecule has 138 valence electrons. The Bertz CT molecular complexity index is 741. The molecule has 1 aliphatic rings. The zero-order valence-electron chi connectivity index (χ0n) is 15.3. The molecule has 1 aliphatic heterocycles. The third kappa shape index (κ3) is 4.61. The molecule has 1 amide bonds. The van der Waals surface area contributed by atoms with Crippen molar-refractivity contribution < 1.29 is 13.9 Å². The van der Waals surface area contributed by atoms with Crippen LogP contribution in [0, 0.1) is 5.82 Å². The Labute approximate surface area is 154 Å². The third-order valence-electron chi connectivity index (χ3n) is 4.52. The van der Waals surface area contributed by atoms with Crippen molar-refractivity contribution in [3.05, 3.63) is 59.9 Å². The predicted molar refractivity (Wildman–Crippen MR) is 100 cm³/mol. The van der Waals surface area contributed by atoms with E-state index in [1.165, 1.54) is 0 Å². The molecule has 1 saturated heterocycles. The monoisotopic (exact) mass is 356 g/mol. The molecular formula is C21H25FN2O2. The fraction of sp³-hybridized carbons (Fsp3) is 0.381. The summed E-state index contributed by atoms with van der Waals surface area (Å²) in [6.45, 7) is 6.88. The van der Waals surface area contributed by atoms with Gasteiger partial charge in [-0.3, -0.25) is 4.90 Å². The molecule has 5 heteroatoms. The lowest BCUT2D eigenvalue weighted by Gasteiger charge is -2.34. The first-order valence-corrected chi connectivity index (χ1v) is 9.04. The van der Waals surface area contributed by atoms with Gasteiger partial charge >= 0.3 is 6.09 Å². The van der Waals surface area contributed by atoms with E-state index in [9.17, 15) is 9.18 Å². The van der Waals surface area contributed by atoms with Gasteiger partial charge in [0.1, 0.15) is 5.82 Å². The molecule has 2 aromatic carbocycles. The molecule has 0 N–H and O–H groups in total. The van der Waals surface area contributed by atoms with Crippen LogP contribution in [-0.4, -0.2) is 48.2 Å². The van der Waals surface area contributed by atoms with Gasteiger partial charge in [-0.25, -0.2) is 9.18 Å². The van der Waals surface area contributed by atoms with Crippen LogP contribution in [0.2, 0.25) is 0 Å². The molecule has 1 heterocycles. The molecule has 0 aromatic heterocycles. The highest BCUT2D eigenvalue weighted by molar-refractivity contribution is 5.68. The second kappa shape index (κ2) is 8.32. The van der Waals surface area contributed by atoms with Crippen molar-refractivity contribution in [1.82, 2.24) is 9.80 Å². The Morgan fingerprint density at radius 1 is 1.04 bits per heavy atom. The zero-order valence-corrected chi connectivity index (χ0v) is 15.3. The van der Waals surface area contributed by atoms with Crippen LogP contribution < -0.4 is 0 Å². The summed E-state index contributed by atoms with van der Waals surface area (Å²) in [6, 6.07) is 15.2. The Kier molecular flexibility index (Phi) is 5.89. The van der Waals surface area contributed by atoms with Gasteiger partial charge in [0, 0.05) is 38.3 Å². The zero-order chi connectivity index (χ0) is 18.5. The molecule has 4 nitrogen and oxygen atoms in total. The highest BCUT2D eigenvalue weighted by Crippen LogP contribution is 2.22. The van der Waals surface area contributed by atoms with E-state index in [-0.39, 0.29) is 18.0 Å². The lowest BCUT2D eigenvalue weighted by Crippen LogP contribution is -2.48. The van der Waals surface area contributed by atoms with Crippen molar-refractivity contribution in [2.24, 2.45) is 0 Å². The molecule has 2 aromatic rings. The third-order valence-corrected chi connectivity index (χ3v) is 4.52. The minimum atomic E-state index is -0.266. The number of hydrogen-bond donors (Lipinski definition) is 0. The number of rotatable bonds is 4. The smallest absolute Gasteiger partial charge is 0.410 e. The fourth-order valence-corrected chi connectivity index (χ4v) is 3.09. The quantitative estimate of drug-likeness (QED) is 0.825. The van der Waals surface area contributed by atoms with Crippen molar-refractivity contribution in [2.45, 2.75) is 26.5 Å². The van der Waals surface area contributed by atoms with Gasteiger partial charge in [0.15, 0.2) is 0 Å². The summed E-state index contributed by atoms with van der Waals surface area (Å²) in [5, 5.41) is 0. The minimum Gasteiger partial charge on any atom is -0.447 e.